The fourth-order valence-electron chi connectivity index (χ4n) is 2.83. The molecule has 2 aromatic carbocycles. The molecule has 10 heteroatoms. The van der Waals surface area contributed by atoms with Gasteiger partial charge in [0.25, 0.3) is 0 Å². The maximum absolute atomic E-state index is 13.1. The number of hydrogen-bond acceptors (Lipinski definition) is 4. The number of halogens is 4. The highest BCUT2D eigenvalue weighted by atomic mass is 35.5. The van der Waals surface area contributed by atoms with E-state index >= 15 is 0 Å². The number of thioether (sulfide) groups is 1. The minimum atomic E-state index is -4.62. The Morgan fingerprint density at radius 1 is 1.23 bits per heavy atom. The summed E-state index contributed by atoms with van der Waals surface area (Å²) in [5.41, 5.74) is -0.364. The summed E-state index contributed by atoms with van der Waals surface area (Å²) in [6.45, 7) is 2.00. The van der Waals surface area contributed by atoms with Crippen molar-refractivity contribution in [3.63, 3.8) is 0 Å². The van der Waals surface area contributed by atoms with Gasteiger partial charge in [0.15, 0.2) is 5.17 Å². The molecule has 0 aliphatic carbocycles. The monoisotopic (exact) mass is 455 g/mol. The van der Waals surface area contributed by atoms with E-state index in [1.165, 1.54) is 11.0 Å². The van der Waals surface area contributed by atoms with Crippen LogP contribution in [0, 0.1) is 0 Å². The lowest BCUT2D eigenvalue weighted by atomic mass is 10.2. The van der Waals surface area contributed by atoms with Gasteiger partial charge in [0.05, 0.1) is 16.3 Å². The Bertz CT molecular complexity index is 983. The molecule has 1 aliphatic heterocycles. The van der Waals surface area contributed by atoms with Crippen molar-refractivity contribution in [2.24, 2.45) is 4.99 Å². The first kappa shape index (κ1) is 22.2. The molecule has 0 radical (unpaired) electrons. The lowest BCUT2D eigenvalue weighted by molar-refractivity contribution is -0.137. The summed E-state index contributed by atoms with van der Waals surface area (Å²) in [7, 11) is 0. The molecule has 0 bridgehead atoms. The number of rotatable bonds is 5. The van der Waals surface area contributed by atoms with Crippen LogP contribution in [0.15, 0.2) is 53.5 Å². The summed E-state index contributed by atoms with van der Waals surface area (Å²) in [4.78, 5) is 30.5. The van der Waals surface area contributed by atoms with E-state index in [1.54, 1.807) is 31.2 Å². The molecular weight excluding hydrogens is 439 g/mol. The van der Waals surface area contributed by atoms with E-state index in [-0.39, 0.29) is 35.6 Å². The molecule has 5 nitrogen and oxygen atoms in total. The number of nitrogens with zero attached hydrogens (tertiary/aromatic N) is 2. The van der Waals surface area contributed by atoms with Crippen molar-refractivity contribution in [1.82, 2.24) is 4.90 Å². The zero-order chi connectivity index (χ0) is 21.9. The van der Waals surface area contributed by atoms with Gasteiger partial charge in [0, 0.05) is 18.7 Å². The van der Waals surface area contributed by atoms with E-state index in [1.807, 2.05) is 6.07 Å². The number of amidine groups is 1. The third-order valence-electron chi connectivity index (χ3n) is 4.24. The zero-order valence-electron chi connectivity index (χ0n) is 15.7. The van der Waals surface area contributed by atoms with E-state index in [9.17, 15) is 22.8 Å². The van der Waals surface area contributed by atoms with E-state index in [0.29, 0.717) is 5.69 Å². The summed E-state index contributed by atoms with van der Waals surface area (Å²) >= 11 is 6.69. The van der Waals surface area contributed by atoms with Crippen LogP contribution in [0.1, 0.15) is 18.9 Å². The lowest BCUT2D eigenvalue weighted by Crippen LogP contribution is -2.33. The average molecular weight is 456 g/mol. The molecule has 0 aromatic heterocycles. The number of benzene rings is 2. The Balaban J connectivity index is 1.78. The number of carbonyl (C=O) groups excluding carboxylic acids is 2. The smallest absolute Gasteiger partial charge is 0.326 e. The Morgan fingerprint density at radius 2 is 1.93 bits per heavy atom. The molecule has 158 valence electrons. The van der Waals surface area contributed by atoms with Crippen molar-refractivity contribution in [2.75, 3.05) is 11.9 Å². The van der Waals surface area contributed by atoms with Crippen molar-refractivity contribution in [3.8, 4) is 0 Å². The van der Waals surface area contributed by atoms with Crippen molar-refractivity contribution in [3.05, 3.63) is 59.1 Å². The van der Waals surface area contributed by atoms with Crippen LogP contribution in [0.2, 0.25) is 5.02 Å². The normalized spacial score (nSPS) is 18.2. The fraction of sp³-hybridized carbons (Fsp3) is 0.250. The van der Waals surface area contributed by atoms with Gasteiger partial charge < -0.3 is 5.32 Å². The molecule has 1 aliphatic rings. The summed E-state index contributed by atoms with van der Waals surface area (Å²) < 4.78 is 39.3. The van der Waals surface area contributed by atoms with E-state index in [4.69, 9.17) is 11.6 Å². The van der Waals surface area contributed by atoms with Crippen molar-refractivity contribution >= 4 is 51.7 Å². The van der Waals surface area contributed by atoms with Gasteiger partial charge in [0.2, 0.25) is 11.8 Å². The molecule has 2 aromatic rings. The highest BCUT2D eigenvalue weighted by Gasteiger charge is 2.38. The number of nitrogens with one attached hydrogen (secondary N) is 1. The molecule has 1 fully saturated rings. The van der Waals surface area contributed by atoms with E-state index < -0.39 is 22.0 Å². The van der Waals surface area contributed by atoms with Crippen LogP contribution in [0.5, 0.6) is 0 Å². The second-order valence-electron chi connectivity index (χ2n) is 6.36. The predicted octanol–water partition coefficient (Wildman–Crippen LogP) is 5.34. The van der Waals surface area contributed by atoms with Crippen molar-refractivity contribution < 1.29 is 22.8 Å². The Hall–Kier alpha value is -2.52. The van der Waals surface area contributed by atoms with Crippen LogP contribution >= 0.6 is 23.4 Å². The maximum atomic E-state index is 13.1. The molecule has 1 atom stereocenters. The molecule has 0 spiro atoms. The van der Waals surface area contributed by atoms with Crippen LogP contribution in [0.4, 0.5) is 24.5 Å². The number of aliphatic imine (C=N–C) groups is 1. The summed E-state index contributed by atoms with van der Waals surface area (Å²) in [5.74, 6) is -0.648. The molecule has 0 unspecified atom stereocenters. The molecule has 30 heavy (non-hydrogen) atoms. The first-order valence-electron chi connectivity index (χ1n) is 8.97. The van der Waals surface area contributed by atoms with Gasteiger partial charge in [-0.25, -0.2) is 4.99 Å². The van der Waals surface area contributed by atoms with Gasteiger partial charge in [-0.05, 0) is 37.3 Å². The lowest BCUT2D eigenvalue weighted by Gasteiger charge is -2.14. The minimum Gasteiger partial charge on any atom is -0.326 e. The highest BCUT2D eigenvalue weighted by molar-refractivity contribution is 8.15. The number of amides is 2. The molecule has 3 rings (SSSR count). The second-order valence-corrected chi connectivity index (χ2v) is 7.94. The summed E-state index contributed by atoms with van der Waals surface area (Å²) in [6, 6.07) is 12.1. The van der Waals surface area contributed by atoms with Gasteiger partial charge in [-0.15, -0.1) is 0 Å². The van der Waals surface area contributed by atoms with Crippen LogP contribution in [0.25, 0.3) is 0 Å². The number of hydrogen-bond donors (Lipinski definition) is 1. The number of carbonyl (C=O) groups is 2. The van der Waals surface area contributed by atoms with Crippen LogP contribution in [-0.2, 0) is 15.8 Å². The molecular formula is C20H17ClF3N3O2S. The SMILES string of the molecule is CCN1C(=O)[C@@H](CC(=O)Nc2ccccc2)SC1=Nc1ccc(Cl)c(C(F)(F)F)c1. The van der Waals surface area contributed by atoms with Crippen molar-refractivity contribution in [1.29, 1.82) is 0 Å². The van der Waals surface area contributed by atoms with Crippen LogP contribution in [-0.4, -0.2) is 33.7 Å². The molecule has 1 heterocycles. The topological polar surface area (TPSA) is 61.8 Å². The Kier molecular flexibility index (Phi) is 6.72. The van der Waals surface area contributed by atoms with Gasteiger partial charge in [-0.1, -0.05) is 41.6 Å². The first-order valence-corrected chi connectivity index (χ1v) is 10.2. The fourth-order valence-corrected chi connectivity index (χ4v) is 4.27. The van der Waals surface area contributed by atoms with Crippen molar-refractivity contribution in [2.45, 2.75) is 24.8 Å². The van der Waals surface area contributed by atoms with Gasteiger partial charge >= 0.3 is 6.18 Å². The van der Waals surface area contributed by atoms with Crippen LogP contribution < -0.4 is 5.32 Å². The van der Waals surface area contributed by atoms with E-state index in [2.05, 4.69) is 10.3 Å². The molecule has 0 saturated carbocycles. The summed E-state index contributed by atoms with van der Waals surface area (Å²) in [6.07, 6.45) is -4.70. The summed E-state index contributed by atoms with van der Waals surface area (Å²) in [5, 5.41) is 1.83. The number of para-hydroxylation sites is 1. The first-order chi connectivity index (χ1) is 14.2. The van der Waals surface area contributed by atoms with Crippen LogP contribution in [0.3, 0.4) is 0 Å². The second kappa shape index (κ2) is 9.09. The van der Waals surface area contributed by atoms with Gasteiger partial charge in [-0.3, -0.25) is 14.5 Å². The zero-order valence-corrected chi connectivity index (χ0v) is 17.3. The number of anilines is 1. The Labute approximate surface area is 180 Å². The quantitative estimate of drug-likeness (QED) is 0.662. The largest absolute Gasteiger partial charge is 0.417 e. The molecule has 1 saturated heterocycles. The van der Waals surface area contributed by atoms with Gasteiger partial charge in [0.1, 0.15) is 5.25 Å². The Morgan fingerprint density at radius 3 is 2.57 bits per heavy atom. The standard InChI is InChI=1S/C20H17ClF3N3O2S/c1-2-27-18(29)16(11-17(28)25-12-6-4-3-5-7-12)30-19(27)26-13-8-9-15(21)14(10-13)20(22,23)24/h3-10,16H,2,11H2,1H3,(H,25,28)/t16-/m1/s1. The predicted molar refractivity (Wildman–Crippen MR) is 112 cm³/mol. The average Bonchev–Trinajstić information content (AvgIpc) is 2.97. The van der Waals surface area contributed by atoms with Gasteiger partial charge in [-0.2, -0.15) is 13.2 Å². The highest BCUT2D eigenvalue weighted by Crippen LogP contribution is 2.38. The maximum Gasteiger partial charge on any atom is 0.417 e. The molecule has 1 N–H and O–H groups in total. The third kappa shape index (κ3) is 5.14. The molecule has 2 amide bonds. The van der Waals surface area contributed by atoms with E-state index in [0.717, 1.165) is 23.9 Å². The minimum absolute atomic E-state index is 0.0230. The third-order valence-corrected chi connectivity index (χ3v) is 5.75. The number of alkyl halides is 3.